The molecule has 2 rings (SSSR count). The standard InChI is InChI=1S/C10H18N4O/c11-7-9-10(8-3-4-8)14(13-12-9)5-1-2-6-15/h8,15H,1-7,11H2. The van der Waals surface area contributed by atoms with Gasteiger partial charge in [-0.25, -0.2) is 4.68 Å². The van der Waals surface area contributed by atoms with Gasteiger partial charge in [-0.2, -0.15) is 0 Å². The van der Waals surface area contributed by atoms with E-state index in [4.69, 9.17) is 10.8 Å². The minimum Gasteiger partial charge on any atom is -0.396 e. The van der Waals surface area contributed by atoms with Gasteiger partial charge in [-0.15, -0.1) is 5.10 Å². The Morgan fingerprint density at radius 1 is 1.40 bits per heavy atom. The van der Waals surface area contributed by atoms with Crippen LogP contribution in [-0.2, 0) is 13.1 Å². The first-order valence-electron chi connectivity index (χ1n) is 5.60. The number of hydrogen-bond acceptors (Lipinski definition) is 4. The maximum Gasteiger partial charge on any atom is 0.0997 e. The number of aryl methyl sites for hydroxylation is 1. The molecule has 3 N–H and O–H groups in total. The molecule has 0 atom stereocenters. The van der Waals surface area contributed by atoms with E-state index in [0.29, 0.717) is 12.5 Å². The lowest BCUT2D eigenvalue weighted by atomic mass is 10.2. The third-order valence-electron chi connectivity index (χ3n) is 2.78. The lowest BCUT2D eigenvalue weighted by Crippen LogP contribution is -2.07. The minimum absolute atomic E-state index is 0.247. The molecule has 1 aliphatic carbocycles. The van der Waals surface area contributed by atoms with Crippen LogP contribution in [0.2, 0.25) is 0 Å². The second-order valence-electron chi connectivity index (χ2n) is 4.05. The summed E-state index contributed by atoms with van der Waals surface area (Å²) in [4.78, 5) is 0. The van der Waals surface area contributed by atoms with E-state index in [2.05, 4.69) is 10.3 Å². The second kappa shape index (κ2) is 4.72. The average Bonchev–Trinajstić information content (AvgIpc) is 3.00. The fourth-order valence-electron chi connectivity index (χ4n) is 1.84. The molecule has 5 nitrogen and oxygen atoms in total. The Bertz CT molecular complexity index is 319. The van der Waals surface area contributed by atoms with Crippen molar-refractivity contribution in [3.8, 4) is 0 Å². The first kappa shape index (κ1) is 10.6. The van der Waals surface area contributed by atoms with Crippen molar-refractivity contribution in [1.82, 2.24) is 15.0 Å². The Morgan fingerprint density at radius 2 is 2.20 bits per heavy atom. The molecule has 1 fully saturated rings. The molecule has 0 bridgehead atoms. The van der Waals surface area contributed by atoms with Gasteiger partial charge in [0, 0.05) is 25.6 Å². The number of nitrogens with two attached hydrogens (primary N) is 1. The lowest BCUT2D eigenvalue weighted by molar-refractivity contribution is 0.279. The van der Waals surface area contributed by atoms with Crippen LogP contribution in [0.25, 0.3) is 0 Å². The van der Waals surface area contributed by atoms with Gasteiger partial charge >= 0.3 is 0 Å². The zero-order chi connectivity index (χ0) is 10.7. The van der Waals surface area contributed by atoms with Crippen molar-refractivity contribution >= 4 is 0 Å². The van der Waals surface area contributed by atoms with E-state index in [1.54, 1.807) is 0 Å². The Balaban J connectivity index is 2.05. The molecular formula is C10H18N4O. The molecule has 0 saturated heterocycles. The van der Waals surface area contributed by atoms with E-state index in [9.17, 15) is 0 Å². The summed E-state index contributed by atoms with van der Waals surface area (Å²) < 4.78 is 1.97. The number of unbranched alkanes of at least 4 members (excludes halogenated alkanes) is 1. The summed E-state index contributed by atoms with van der Waals surface area (Å²) in [6, 6.07) is 0. The maximum absolute atomic E-state index is 8.72. The van der Waals surface area contributed by atoms with Crippen molar-refractivity contribution in [1.29, 1.82) is 0 Å². The van der Waals surface area contributed by atoms with Crippen LogP contribution in [-0.4, -0.2) is 26.7 Å². The van der Waals surface area contributed by atoms with Crippen molar-refractivity contribution in [3.05, 3.63) is 11.4 Å². The van der Waals surface area contributed by atoms with Gasteiger partial charge < -0.3 is 10.8 Å². The molecule has 1 aromatic rings. The molecule has 5 heteroatoms. The second-order valence-corrected chi connectivity index (χ2v) is 4.05. The summed E-state index contributed by atoms with van der Waals surface area (Å²) in [6.07, 6.45) is 4.24. The highest BCUT2D eigenvalue weighted by Gasteiger charge is 2.30. The van der Waals surface area contributed by atoms with E-state index in [1.165, 1.54) is 18.5 Å². The van der Waals surface area contributed by atoms with Gasteiger partial charge in [0.05, 0.1) is 11.4 Å². The summed E-state index contributed by atoms with van der Waals surface area (Å²) >= 11 is 0. The van der Waals surface area contributed by atoms with E-state index in [-0.39, 0.29) is 6.61 Å². The van der Waals surface area contributed by atoms with Crippen molar-refractivity contribution < 1.29 is 5.11 Å². The Morgan fingerprint density at radius 3 is 2.80 bits per heavy atom. The van der Waals surface area contributed by atoms with Gasteiger partial charge in [-0.3, -0.25) is 0 Å². The highest BCUT2D eigenvalue weighted by Crippen LogP contribution is 2.41. The van der Waals surface area contributed by atoms with Crippen LogP contribution < -0.4 is 5.73 Å². The molecule has 0 aromatic carbocycles. The summed E-state index contributed by atoms with van der Waals surface area (Å²) in [6.45, 7) is 1.57. The van der Waals surface area contributed by atoms with E-state index >= 15 is 0 Å². The number of aliphatic hydroxyl groups excluding tert-OH is 1. The molecule has 84 valence electrons. The predicted molar refractivity (Wildman–Crippen MR) is 56.2 cm³/mol. The van der Waals surface area contributed by atoms with E-state index in [0.717, 1.165) is 25.1 Å². The van der Waals surface area contributed by atoms with Crippen LogP contribution >= 0.6 is 0 Å². The van der Waals surface area contributed by atoms with E-state index < -0.39 is 0 Å². The molecule has 0 amide bonds. The Kier molecular flexibility index (Phi) is 3.33. The molecular weight excluding hydrogens is 192 g/mol. The summed E-state index contributed by atoms with van der Waals surface area (Å²) in [5, 5.41) is 16.9. The molecule has 1 aliphatic rings. The molecule has 1 heterocycles. The summed E-state index contributed by atoms with van der Waals surface area (Å²) in [7, 11) is 0. The highest BCUT2D eigenvalue weighted by atomic mass is 16.2. The quantitative estimate of drug-likeness (QED) is 0.666. The molecule has 15 heavy (non-hydrogen) atoms. The number of nitrogens with zero attached hydrogens (tertiary/aromatic N) is 3. The van der Waals surface area contributed by atoms with Gasteiger partial charge in [-0.05, 0) is 25.7 Å². The fourth-order valence-corrected chi connectivity index (χ4v) is 1.84. The van der Waals surface area contributed by atoms with Crippen LogP contribution in [0.5, 0.6) is 0 Å². The summed E-state index contributed by atoms with van der Waals surface area (Å²) in [5.41, 5.74) is 7.81. The topological polar surface area (TPSA) is 77.0 Å². The molecule has 1 saturated carbocycles. The van der Waals surface area contributed by atoms with Crippen molar-refractivity contribution in [2.24, 2.45) is 5.73 Å². The third kappa shape index (κ3) is 2.35. The van der Waals surface area contributed by atoms with Crippen LogP contribution in [0.15, 0.2) is 0 Å². The minimum atomic E-state index is 0.247. The number of hydrogen-bond donors (Lipinski definition) is 2. The van der Waals surface area contributed by atoms with Gasteiger partial charge in [-0.1, -0.05) is 5.21 Å². The smallest absolute Gasteiger partial charge is 0.0997 e. The van der Waals surface area contributed by atoms with Gasteiger partial charge in [0.2, 0.25) is 0 Å². The molecule has 0 radical (unpaired) electrons. The van der Waals surface area contributed by atoms with Crippen molar-refractivity contribution in [2.75, 3.05) is 6.61 Å². The lowest BCUT2D eigenvalue weighted by Gasteiger charge is -2.05. The molecule has 0 unspecified atom stereocenters. The molecule has 1 aromatic heterocycles. The highest BCUT2D eigenvalue weighted by molar-refractivity contribution is 5.20. The normalized spacial score (nSPS) is 15.9. The first-order valence-corrected chi connectivity index (χ1v) is 5.60. The molecule has 0 spiro atoms. The maximum atomic E-state index is 8.72. The zero-order valence-electron chi connectivity index (χ0n) is 8.89. The number of aliphatic hydroxyl groups is 1. The third-order valence-corrected chi connectivity index (χ3v) is 2.78. The number of aromatic nitrogens is 3. The largest absolute Gasteiger partial charge is 0.396 e. The predicted octanol–water partition coefficient (Wildman–Crippen LogP) is 0.387. The van der Waals surface area contributed by atoms with Gasteiger partial charge in [0.25, 0.3) is 0 Å². The fraction of sp³-hybridized carbons (Fsp3) is 0.800. The van der Waals surface area contributed by atoms with Crippen LogP contribution in [0.4, 0.5) is 0 Å². The Hall–Kier alpha value is -0.940. The first-order chi connectivity index (χ1) is 7.36. The van der Waals surface area contributed by atoms with E-state index in [1.807, 2.05) is 4.68 Å². The van der Waals surface area contributed by atoms with Crippen molar-refractivity contribution in [3.63, 3.8) is 0 Å². The van der Waals surface area contributed by atoms with Crippen LogP contribution in [0, 0.1) is 0 Å². The zero-order valence-corrected chi connectivity index (χ0v) is 8.89. The monoisotopic (exact) mass is 210 g/mol. The number of rotatable bonds is 6. The SMILES string of the molecule is NCc1nnn(CCCCO)c1C1CC1. The Labute approximate surface area is 89.3 Å². The van der Waals surface area contributed by atoms with Crippen molar-refractivity contribution in [2.45, 2.75) is 44.7 Å². The van der Waals surface area contributed by atoms with Gasteiger partial charge in [0.1, 0.15) is 0 Å². The van der Waals surface area contributed by atoms with Crippen LogP contribution in [0.1, 0.15) is 43.0 Å². The average molecular weight is 210 g/mol. The molecule has 0 aliphatic heterocycles. The van der Waals surface area contributed by atoms with Gasteiger partial charge in [0.15, 0.2) is 0 Å². The van der Waals surface area contributed by atoms with Crippen LogP contribution in [0.3, 0.4) is 0 Å². The summed E-state index contributed by atoms with van der Waals surface area (Å²) in [5.74, 6) is 0.632.